The minimum absolute atomic E-state index is 0.236. The molecule has 0 saturated heterocycles. The number of para-hydroxylation sites is 1. The third kappa shape index (κ3) is 3.58. The first-order valence-corrected chi connectivity index (χ1v) is 6.15. The number of anilines is 1. The second-order valence-electron chi connectivity index (χ2n) is 4.14. The minimum atomic E-state index is -0.556. The van der Waals surface area contributed by atoms with Crippen LogP contribution in [0, 0.1) is 6.92 Å². The fraction of sp³-hybridized carbons (Fsp3) is 0.286. The van der Waals surface area contributed by atoms with Gasteiger partial charge in [-0.05, 0) is 25.5 Å². The van der Waals surface area contributed by atoms with Gasteiger partial charge in [0, 0.05) is 6.07 Å². The van der Waals surface area contributed by atoms with Crippen molar-refractivity contribution in [2.45, 2.75) is 26.4 Å². The molecule has 0 aliphatic heterocycles. The Morgan fingerprint density at radius 1 is 1.42 bits per heavy atom. The third-order valence-corrected chi connectivity index (χ3v) is 2.56. The number of ether oxygens (including phenoxy) is 1. The van der Waals surface area contributed by atoms with Crippen molar-refractivity contribution in [3.63, 3.8) is 0 Å². The topological polar surface area (TPSA) is 64.4 Å². The van der Waals surface area contributed by atoms with Gasteiger partial charge in [-0.2, -0.15) is 0 Å². The molecule has 0 fully saturated rings. The molecule has 0 saturated carbocycles. The smallest absolute Gasteiger partial charge is 0.266 e. The fourth-order valence-corrected chi connectivity index (χ4v) is 1.62. The molecule has 100 valence electrons. The van der Waals surface area contributed by atoms with Gasteiger partial charge < -0.3 is 14.6 Å². The molecule has 0 radical (unpaired) electrons. The van der Waals surface area contributed by atoms with E-state index in [1.165, 1.54) is 0 Å². The average molecular weight is 260 g/mol. The lowest BCUT2D eigenvalue weighted by Crippen LogP contribution is -2.32. The summed E-state index contributed by atoms with van der Waals surface area (Å²) in [5.74, 6) is 1.48. The van der Waals surface area contributed by atoms with Crippen molar-refractivity contribution >= 4 is 11.7 Å². The molecule has 0 spiro atoms. The monoisotopic (exact) mass is 260 g/mol. The van der Waals surface area contributed by atoms with E-state index in [2.05, 4.69) is 10.5 Å². The van der Waals surface area contributed by atoms with E-state index in [9.17, 15) is 4.79 Å². The van der Waals surface area contributed by atoms with Gasteiger partial charge >= 0.3 is 0 Å². The molecule has 1 atom stereocenters. The highest BCUT2D eigenvalue weighted by molar-refractivity contribution is 5.93. The number of nitrogens with zero attached hydrogens (tertiary/aromatic N) is 1. The second kappa shape index (κ2) is 6.04. The van der Waals surface area contributed by atoms with Crippen LogP contribution >= 0.6 is 0 Å². The Balaban J connectivity index is 1.99. The number of carbonyl (C=O) groups excluding carboxylic acids is 1. The Bertz CT molecular complexity index is 537. The van der Waals surface area contributed by atoms with Crippen molar-refractivity contribution in [2.24, 2.45) is 0 Å². The summed E-state index contributed by atoms with van der Waals surface area (Å²) < 4.78 is 10.5. The first-order chi connectivity index (χ1) is 9.19. The maximum atomic E-state index is 12.0. The molecule has 0 bridgehead atoms. The molecule has 5 heteroatoms. The lowest BCUT2D eigenvalue weighted by molar-refractivity contribution is -0.122. The Kier molecular flexibility index (Phi) is 4.18. The van der Waals surface area contributed by atoms with Gasteiger partial charge in [0.1, 0.15) is 11.5 Å². The normalized spacial score (nSPS) is 11.9. The van der Waals surface area contributed by atoms with E-state index >= 15 is 0 Å². The summed E-state index contributed by atoms with van der Waals surface area (Å²) in [7, 11) is 0. The van der Waals surface area contributed by atoms with E-state index in [1.54, 1.807) is 13.0 Å². The molecule has 1 aromatic heterocycles. The summed E-state index contributed by atoms with van der Waals surface area (Å²) in [5, 5.41) is 6.38. The SMILES string of the molecule is CC[C@H](Oc1ccccc1)C(=O)Nc1cc(C)on1. The van der Waals surface area contributed by atoms with Gasteiger partial charge in [-0.1, -0.05) is 30.3 Å². The Labute approximate surface area is 111 Å². The number of nitrogens with one attached hydrogen (secondary N) is 1. The summed E-state index contributed by atoms with van der Waals surface area (Å²) in [6.45, 7) is 3.65. The molecule has 0 unspecified atom stereocenters. The van der Waals surface area contributed by atoms with Crippen LogP contribution in [0.4, 0.5) is 5.82 Å². The van der Waals surface area contributed by atoms with Crippen LogP contribution in [-0.2, 0) is 4.79 Å². The molecule has 1 N–H and O–H groups in total. The van der Waals surface area contributed by atoms with Crippen LogP contribution < -0.4 is 10.1 Å². The van der Waals surface area contributed by atoms with E-state index < -0.39 is 6.10 Å². The van der Waals surface area contributed by atoms with Crippen LogP contribution in [0.1, 0.15) is 19.1 Å². The van der Waals surface area contributed by atoms with Gasteiger partial charge in [0.2, 0.25) is 0 Å². The van der Waals surface area contributed by atoms with Crippen LogP contribution in [0.2, 0.25) is 0 Å². The number of hydrogen-bond donors (Lipinski definition) is 1. The van der Waals surface area contributed by atoms with Crippen LogP contribution in [0.5, 0.6) is 5.75 Å². The molecule has 1 amide bonds. The molecule has 0 aliphatic carbocycles. The molecule has 5 nitrogen and oxygen atoms in total. The van der Waals surface area contributed by atoms with E-state index in [1.807, 2.05) is 37.3 Å². The van der Waals surface area contributed by atoms with Gasteiger partial charge in [-0.25, -0.2) is 0 Å². The van der Waals surface area contributed by atoms with Crippen molar-refractivity contribution in [2.75, 3.05) is 5.32 Å². The van der Waals surface area contributed by atoms with Gasteiger partial charge in [-0.15, -0.1) is 0 Å². The number of amides is 1. The highest BCUT2D eigenvalue weighted by Gasteiger charge is 2.19. The number of hydrogen-bond acceptors (Lipinski definition) is 4. The van der Waals surface area contributed by atoms with Crippen molar-refractivity contribution in [3.05, 3.63) is 42.2 Å². The second-order valence-corrected chi connectivity index (χ2v) is 4.14. The molecular formula is C14H16N2O3. The zero-order chi connectivity index (χ0) is 13.7. The zero-order valence-corrected chi connectivity index (χ0v) is 10.9. The first kappa shape index (κ1) is 13.1. The number of aryl methyl sites for hydroxylation is 1. The average Bonchev–Trinajstić information content (AvgIpc) is 2.82. The lowest BCUT2D eigenvalue weighted by Gasteiger charge is -2.16. The van der Waals surface area contributed by atoms with Crippen molar-refractivity contribution in [1.82, 2.24) is 5.16 Å². The van der Waals surface area contributed by atoms with Gasteiger partial charge in [0.15, 0.2) is 11.9 Å². The number of carbonyl (C=O) groups is 1. The third-order valence-electron chi connectivity index (χ3n) is 2.56. The number of aromatic nitrogens is 1. The Morgan fingerprint density at radius 3 is 2.74 bits per heavy atom. The van der Waals surface area contributed by atoms with Crippen LogP contribution in [-0.4, -0.2) is 17.2 Å². The standard InChI is InChI=1S/C14H16N2O3/c1-3-12(18-11-7-5-4-6-8-11)14(17)15-13-9-10(2)19-16-13/h4-9,12H,3H2,1-2H3,(H,15,16,17)/t12-/m0/s1. The van der Waals surface area contributed by atoms with Crippen LogP contribution in [0.3, 0.4) is 0 Å². The summed E-state index contributed by atoms with van der Waals surface area (Å²) in [4.78, 5) is 12.0. The van der Waals surface area contributed by atoms with Crippen LogP contribution in [0.15, 0.2) is 40.9 Å². The summed E-state index contributed by atoms with van der Waals surface area (Å²) in [6, 6.07) is 10.9. The van der Waals surface area contributed by atoms with Crippen LogP contribution in [0.25, 0.3) is 0 Å². The quantitative estimate of drug-likeness (QED) is 0.897. The maximum absolute atomic E-state index is 12.0. The highest BCUT2D eigenvalue weighted by atomic mass is 16.5. The highest BCUT2D eigenvalue weighted by Crippen LogP contribution is 2.14. The molecule has 2 rings (SSSR count). The predicted octanol–water partition coefficient (Wildman–Crippen LogP) is 2.78. The van der Waals surface area contributed by atoms with Gasteiger partial charge in [0.05, 0.1) is 0 Å². The number of rotatable bonds is 5. The Hall–Kier alpha value is -2.30. The minimum Gasteiger partial charge on any atom is -0.481 e. The summed E-state index contributed by atoms with van der Waals surface area (Å²) in [5.41, 5.74) is 0. The van der Waals surface area contributed by atoms with Gasteiger partial charge in [-0.3, -0.25) is 4.79 Å². The molecule has 19 heavy (non-hydrogen) atoms. The predicted molar refractivity (Wildman–Crippen MR) is 71.0 cm³/mol. The van der Waals surface area contributed by atoms with Gasteiger partial charge in [0.25, 0.3) is 5.91 Å². The molecular weight excluding hydrogens is 244 g/mol. The van der Waals surface area contributed by atoms with E-state index in [0.29, 0.717) is 23.7 Å². The molecule has 0 aliphatic rings. The van der Waals surface area contributed by atoms with E-state index in [0.717, 1.165) is 0 Å². The van der Waals surface area contributed by atoms with E-state index in [4.69, 9.17) is 9.26 Å². The van der Waals surface area contributed by atoms with Crippen molar-refractivity contribution < 1.29 is 14.1 Å². The van der Waals surface area contributed by atoms with Crippen molar-refractivity contribution in [1.29, 1.82) is 0 Å². The first-order valence-electron chi connectivity index (χ1n) is 6.15. The number of benzene rings is 1. The molecule has 2 aromatic rings. The maximum Gasteiger partial charge on any atom is 0.266 e. The van der Waals surface area contributed by atoms with Crippen molar-refractivity contribution in [3.8, 4) is 5.75 Å². The zero-order valence-electron chi connectivity index (χ0n) is 10.9. The molecule has 1 aromatic carbocycles. The lowest BCUT2D eigenvalue weighted by atomic mass is 10.2. The summed E-state index contributed by atoms with van der Waals surface area (Å²) in [6.07, 6.45) is 0.0109. The fourth-order valence-electron chi connectivity index (χ4n) is 1.62. The molecule has 1 heterocycles. The Morgan fingerprint density at radius 2 is 2.16 bits per heavy atom. The summed E-state index contributed by atoms with van der Waals surface area (Å²) >= 11 is 0. The van der Waals surface area contributed by atoms with E-state index in [-0.39, 0.29) is 5.91 Å². The largest absolute Gasteiger partial charge is 0.481 e.